The van der Waals surface area contributed by atoms with Gasteiger partial charge in [0.1, 0.15) is 10.7 Å². The molecule has 7 heteroatoms. The van der Waals surface area contributed by atoms with Crippen molar-refractivity contribution >= 4 is 28.6 Å². The van der Waals surface area contributed by atoms with E-state index >= 15 is 0 Å². The lowest BCUT2D eigenvalue weighted by Gasteiger charge is -2.01. The molecule has 0 aliphatic carbocycles. The molecule has 0 bridgehead atoms. The maximum atomic E-state index is 12.3. The molecule has 0 spiro atoms. The Morgan fingerprint density at radius 3 is 2.91 bits per heavy atom. The Hall–Kier alpha value is -3.06. The largest absolute Gasteiger partial charge is 0.321 e. The van der Waals surface area contributed by atoms with E-state index in [0.717, 1.165) is 21.9 Å². The second-order valence-electron chi connectivity index (χ2n) is 4.80. The zero-order chi connectivity index (χ0) is 15.6. The monoisotopic (exact) mass is 321 g/mol. The number of hydrogen-bond acceptors (Lipinski definition) is 5. The number of carbonyl (C=O) groups excluding carboxylic acids is 1. The molecule has 6 nitrogen and oxygen atoms in total. The van der Waals surface area contributed by atoms with Gasteiger partial charge >= 0.3 is 0 Å². The summed E-state index contributed by atoms with van der Waals surface area (Å²) in [5, 5.41) is 9.52. The topological polar surface area (TPSA) is 72.2 Å². The molecule has 0 fully saturated rings. The van der Waals surface area contributed by atoms with Crippen molar-refractivity contribution in [1.29, 1.82) is 0 Å². The van der Waals surface area contributed by atoms with E-state index in [-0.39, 0.29) is 5.91 Å². The van der Waals surface area contributed by atoms with Gasteiger partial charge in [-0.15, -0.1) is 11.3 Å². The summed E-state index contributed by atoms with van der Waals surface area (Å²) in [6.07, 6.45) is 5.24. The van der Waals surface area contributed by atoms with Crippen molar-refractivity contribution in [1.82, 2.24) is 19.6 Å². The molecule has 3 heterocycles. The third-order valence-electron chi connectivity index (χ3n) is 3.28. The number of aromatic nitrogens is 4. The highest BCUT2D eigenvalue weighted by atomic mass is 32.1. The normalized spacial score (nSPS) is 10.8. The van der Waals surface area contributed by atoms with Crippen molar-refractivity contribution in [3.63, 3.8) is 0 Å². The SMILES string of the molecule is O=C(Nc1ccccc1)c1csc(-c2cnn3cccnc23)n1. The average molecular weight is 321 g/mol. The second kappa shape index (κ2) is 5.62. The lowest BCUT2D eigenvalue weighted by atomic mass is 10.3. The molecule has 0 atom stereocenters. The van der Waals surface area contributed by atoms with Crippen molar-refractivity contribution in [2.45, 2.75) is 0 Å². The predicted octanol–water partition coefficient (Wildman–Crippen LogP) is 3.11. The molecule has 23 heavy (non-hydrogen) atoms. The fraction of sp³-hybridized carbons (Fsp3) is 0. The first-order valence-electron chi connectivity index (χ1n) is 6.92. The number of para-hydroxylation sites is 1. The van der Waals surface area contributed by atoms with Gasteiger partial charge in [0, 0.05) is 23.5 Å². The summed E-state index contributed by atoms with van der Waals surface area (Å²) in [6.45, 7) is 0. The second-order valence-corrected chi connectivity index (χ2v) is 5.66. The van der Waals surface area contributed by atoms with E-state index in [0.29, 0.717) is 5.69 Å². The number of nitrogens with one attached hydrogen (secondary N) is 1. The van der Waals surface area contributed by atoms with Gasteiger partial charge in [0.15, 0.2) is 5.65 Å². The van der Waals surface area contributed by atoms with Crippen LogP contribution in [0.15, 0.2) is 60.4 Å². The van der Waals surface area contributed by atoms with Crippen LogP contribution in [0.4, 0.5) is 5.69 Å². The summed E-state index contributed by atoms with van der Waals surface area (Å²) in [6, 6.07) is 11.1. The zero-order valence-corrected chi connectivity index (χ0v) is 12.7. The number of anilines is 1. The Labute approximate surface area is 135 Å². The number of fused-ring (bicyclic) bond motifs is 1. The zero-order valence-electron chi connectivity index (χ0n) is 11.9. The molecule has 112 valence electrons. The van der Waals surface area contributed by atoms with Crippen molar-refractivity contribution < 1.29 is 4.79 Å². The fourth-order valence-electron chi connectivity index (χ4n) is 2.20. The fourth-order valence-corrected chi connectivity index (χ4v) is 3.00. The standard InChI is InChI=1S/C16H11N5OS/c22-15(19-11-5-2-1-3-6-11)13-10-23-16(20-13)12-9-18-21-8-4-7-17-14(12)21/h1-10H,(H,19,22). The third kappa shape index (κ3) is 2.58. The Bertz CT molecular complexity index is 976. The molecule has 1 aromatic carbocycles. The molecule has 0 radical (unpaired) electrons. The van der Waals surface area contributed by atoms with Crippen molar-refractivity contribution in [2.24, 2.45) is 0 Å². The van der Waals surface area contributed by atoms with Crippen LogP contribution in [0.1, 0.15) is 10.5 Å². The molecular weight excluding hydrogens is 310 g/mol. The highest BCUT2D eigenvalue weighted by molar-refractivity contribution is 7.13. The van der Waals surface area contributed by atoms with E-state index in [1.165, 1.54) is 11.3 Å². The van der Waals surface area contributed by atoms with Crippen molar-refractivity contribution in [2.75, 3.05) is 5.32 Å². The Balaban J connectivity index is 1.63. The van der Waals surface area contributed by atoms with Gasteiger partial charge in [-0.1, -0.05) is 18.2 Å². The van der Waals surface area contributed by atoms with Gasteiger partial charge < -0.3 is 5.32 Å². The minimum atomic E-state index is -0.233. The number of amides is 1. The van der Waals surface area contributed by atoms with E-state index in [9.17, 15) is 4.79 Å². The van der Waals surface area contributed by atoms with Gasteiger partial charge in [0.2, 0.25) is 0 Å². The number of benzene rings is 1. The summed E-state index contributed by atoms with van der Waals surface area (Å²) in [7, 11) is 0. The minimum absolute atomic E-state index is 0.233. The van der Waals surface area contributed by atoms with E-state index in [1.54, 1.807) is 22.3 Å². The number of rotatable bonds is 3. The Kier molecular flexibility index (Phi) is 3.32. The van der Waals surface area contributed by atoms with Crippen LogP contribution >= 0.6 is 11.3 Å². The van der Waals surface area contributed by atoms with Crippen LogP contribution in [0.3, 0.4) is 0 Å². The summed E-state index contributed by atoms with van der Waals surface area (Å²) in [5.41, 5.74) is 2.65. The van der Waals surface area contributed by atoms with Crippen LogP contribution in [0, 0.1) is 0 Å². The molecule has 1 amide bonds. The van der Waals surface area contributed by atoms with Crippen LogP contribution in [-0.4, -0.2) is 25.5 Å². The quantitative estimate of drug-likeness (QED) is 0.629. The molecule has 4 aromatic rings. The predicted molar refractivity (Wildman–Crippen MR) is 88.5 cm³/mol. The lowest BCUT2D eigenvalue weighted by molar-refractivity contribution is 0.102. The first-order chi connectivity index (χ1) is 11.3. The van der Waals surface area contributed by atoms with Gasteiger partial charge in [0.05, 0.1) is 11.8 Å². The maximum absolute atomic E-state index is 12.3. The smallest absolute Gasteiger partial charge is 0.275 e. The van der Waals surface area contributed by atoms with E-state index in [4.69, 9.17) is 0 Å². The minimum Gasteiger partial charge on any atom is -0.321 e. The van der Waals surface area contributed by atoms with Crippen LogP contribution in [0.5, 0.6) is 0 Å². The van der Waals surface area contributed by atoms with Crippen molar-refractivity contribution in [3.8, 4) is 10.6 Å². The Morgan fingerprint density at radius 1 is 1.17 bits per heavy atom. The van der Waals surface area contributed by atoms with E-state index in [1.807, 2.05) is 42.6 Å². The summed E-state index contributed by atoms with van der Waals surface area (Å²) >= 11 is 1.40. The molecule has 0 unspecified atom stereocenters. The number of nitrogens with zero attached hydrogens (tertiary/aromatic N) is 4. The first kappa shape index (κ1) is 13.6. The molecule has 1 N–H and O–H groups in total. The van der Waals surface area contributed by atoms with Gasteiger partial charge in [-0.2, -0.15) is 5.10 Å². The molecular formula is C16H11N5OS. The van der Waals surface area contributed by atoms with E-state index < -0.39 is 0 Å². The van der Waals surface area contributed by atoms with Crippen LogP contribution in [0.25, 0.3) is 16.2 Å². The molecule has 3 aromatic heterocycles. The number of thiazole rings is 1. The average Bonchev–Trinajstić information content (AvgIpc) is 3.22. The van der Waals surface area contributed by atoms with E-state index in [2.05, 4.69) is 20.4 Å². The third-order valence-corrected chi connectivity index (χ3v) is 4.15. The molecule has 0 saturated heterocycles. The molecule has 0 aliphatic rings. The first-order valence-corrected chi connectivity index (χ1v) is 7.80. The van der Waals surface area contributed by atoms with Crippen LogP contribution in [-0.2, 0) is 0 Å². The highest BCUT2D eigenvalue weighted by Gasteiger charge is 2.15. The molecule has 4 rings (SSSR count). The van der Waals surface area contributed by atoms with Crippen LogP contribution < -0.4 is 5.32 Å². The molecule has 0 saturated carbocycles. The summed E-state index contributed by atoms with van der Waals surface area (Å²) in [5.74, 6) is -0.233. The highest BCUT2D eigenvalue weighted by Crippen LogP contribution is 2.26. The lowest BCUT2D eigenvalue weighted by Crippen LogP contribution is -2.12. The molecule has 0 aliphatic heterocycles. The van der Waals surface area contributed by atoms with Gasteiger partial charge in [-0.05, 0) is 18.2 Å². The van der Waals surface area contributed by atoms with Crippen molar-refractivity contribution in [3.05, 3.63) is 66.1 Å². The Morgan fingerprint density at radius 2 is 2.04 bits per heavy atom. The number of carbonyl (C=O) groups is 1. The summed E-state index contributed by atoms with van der Waals surface area (Å²) in [4.78, 5) is 21.0. The summed E-state index contributed by atoms with van der Waals surface area (Å²) < 4.78 is 1.68. The number of hydrogen-bond donors (Lipinski definition) is 1. The van der Waals surface area contributed by atoms with Gasteiger partial charge in [-0.3, -0.25) is 4.79 Å². The van der Waals surface area contributed by atoms with Gasteiger partial charge in [0.25, 0.3) is 5.91 Å². The van der Waals surface area contributed by atoms with Crippen LogP contribution in [0.2, 0.25) is 0 Å². The van der Waals surface area contributed by atoms with Gasteiger partial charge in [-0.25, -0.2) is 14.5 Å². The maximum Gasteiger partial charge on any atom is 0.275 e.